The molecule has 1 aromatic carbocycles. The van der Waals surface area contributed by atoms with Gasteiger partial charge in [-0.05, 0) is 37.8 Å². The molecule has 6 nitrogen and oxygen atoms in total. The lowest BCUT2D eigenvalue weighted by atomic mass is 9.97. The number of nitrogens with one attached hydrogen (secondary N) is 1. The van der Waals surface area contributed by atoms with Crippen LogP contribution in [-0.4, -0.2) is 43.8 Å². The molecule has 0 bridgehead atoms. The number of nitrogens with zero attached hydrogens (tertiary/aromatic N) is 3. The number of aromatic nitrogens is 2. The summed E-state index contributed by atoms with van der Waals surface area (Å²) in [4.78, 5) is 18.2. The maximum Gasteiger partial charge on any atom is 0.318 e. The monoisotopic (exact) mass is 342 g/mol. The summed E-state index contributed by atoms with van der Waals surface area (Å²) < 4.78 is 2.01. The number of urea groups is 1. The Hall–Kier alpha value is -2.34. The van der Waals surface area contributed by atoms with Gasteiger partial charge in [0.25, 0.3) is 0 Å². The number of amides is 2. The van der Waals surface area contributed by atoms with Gasteiger partial charge < -0.3 is 19.9 Å². The lowest BCUT2D eigenvalue weighted by Gasteiger charge is -2.33. The van der Waals surface area contributed by atoms with E-state index in [1.165, 1.54) is 5.56 Å². The zero-order valence-corrected chi connectivity index (χ0v) is 14.9. The number of carbonyl (C=O) groups excluding carboxylic acids is 1. The van der Waals surface area contributed by atoms with Crippen LogP contribution in [0.2, 0.25) is 0 Å². The number of imidazole rings is 1. The second-order valence-electron chi connectivity index (χ2n) is 7.22. The highest BCUT2D eigenvalue weighted by atomic mass is 16.3. The van der Waals surface area contributed by atoms with Crippen LogP contribution < -0.4 is 5.32 Å². The van der Waals surface area contributed by atoms with Crippen molar-refractivity contribution in [1.29, 1.82) is 0 Å². The first-order valence-electron chi connectivity index (χ1n) is 8.74. The van der Waals surface area contributed by atoms with Crippen LogP contribution in [0.15, 0.2) is 43.0 Å². The summed E-state index contributed by atoms with van der Waals surface area (Å²) in [6.45, 7) is 5.50. The minimum Gasteiger partial charge on any atom is -0.388 e. The summed E-state index contributed by atoms with van der Waals surface area (Å²) in [6.07, 6.45) is 7.28. The molecule has 1 unspecified atom stereocenters. The number of likely N-dealkylation sites (tertiary alicyclic amines) is 1. The van der Waals surface area contributed by atoms with E-state index in [2.05, 4.69) is 22.4 Å². The van der Waals surface area contributed by atoms with E-state index in [4.69, 9.17) is 0 Å². The standard InChI is InChI=1S/C19H26N4O2/c1-19(2,25)17-4-3-10-23(17)18(24)21-12-15-5-7-16(8-6-15)13-22-11-9-20-14-22/h5-9,11,14,17,25H,3-4,10,12-13H2,1-2H3,(H,21,24). The van der Waals surface area contributed by atoms with Crippen LogP contribution in [0, 0.1) is 0 Å². The fourth-order valence-electron chi connectivity index (χ4n) is 3.38. The highest BCUT2D eigenvalue weighted by Gasteiger charge is 2.38. The number of rotatable bonds is 5. The molecule has 6 heteroatoms. The Balaban J connectivity index is 1.53. The van der Waals surface area contributed by atoms with Gasteiger partial charge in [-0.25, -0.2) is 9.78 Å². The first-order valence-corrected chi connectivity index (χ1v) is 8.74. The van der Waals surface area contributed by atoms with E-state index in [1.807, 2.05) is 22.9 Å². The van der Waals surface area contributed by atoms with E-state index in [0.717, 1.165) is 24.9 Å². The summed E-state index contributed by atoms with van der Waals surface area (Å²) in [6, 6.07) is 7.97. The molecule has 0 saturated carbocycles. The van der Waals surface area contributed by atoms with E-state index >= 15 is 0 Å². The fourth-order valence-corrected chi connectivity index (χ4v) is 3.38. The quantitative estimate of drug-likeness (QED) is 0.876. The van der Waals surface area contributed by atoms with E-state index in [9.17, 15) is 9.90 Å². The average Bonchev–Trinajstić information content (AvgIpc) is 3.25. The van der Waals surface area contributed by atoms with E-state index in [-0.39, 0.29) is 12.1 Å². The molecule has 2 N–H and O–H groups in total. The lowest BCUT2D eigenvalue weighted by molar-refractivity contribution is 0.00979. The van der Waals surface area contributed by atoms with Gasteiger partial charge in [0.05, 0.1) is 18.0 Å². The highest BCUT2D eigenvalue weighted by Crippen LogP contribution is 2.26. The van der Waals surface area contributed by atoms with Gasteiger partial charge >= 0.3 is 6.03 Å². The molecule has 2 aromatic rings. The van der Waals surface area contributed by atoms with Crippen LogP contribution in [0.4, 0.5) is 4.79 Å². The number of hydrogen-bond acceptors (Lipinski definition) is 3. The fraction of sp³-hybridized carbons (Fsp3) is 0.474. The minimum atomic E-state index is -0.872. The Morgan fingerprint density at radius 3 is 2.68 bits per heavy atom. The molecule has 1 aliphatic rings. The molecule has 3 rings (SSSR count). The molecule has 0 aliphatic carbocycles. The molecule has 1 atom stereocenters. The first kappa shape index (κ1) is 17.5. The summed E-state index contributed by atoms with van der Waals surface area (Å²) in [7, 11) is 0. The van der Waals surface area contributed by atoms with Crippen LogP contribution in [-0.2, 0) is 13.1 Å². The molecule has 1 aliphatic heterocycles. The van der Waals surface area contributed by atoms with Crippen molar-refractivity contribution in [2.75, 3.05) is 6.54 Å². The van der Waals surface area contributed by atoms with E-state index < -0.39 is 5.60 Å². The third-order valence-electron chi connectivity index (χ3n) is 4.72. The number of hydrogen-bond donors (Lipinski definition) is 2. The molecule has 1 fully saturated rings. The SMILES string of the molecule is CC(C)(O)C1CCCN1C(=O)NCc1ccc(Cn2ccnc2)cc1. The number of aliphatic hydroxyl groups is 1. The summed E-state index contributed by atoms with van der Waals surface area (Å²) >= 11 is 0. The van der Waals surface area contributed by atoms with E-state index in [1.54, 1.807) is 31.3 Å². The Labute approximate surface area is 148 Å². The van der Waals surface area contributed by atoms with Crippen molar-refractivity contribution in [3.63, 3.8) is 0 Å². The van der Waals surface area contributed by atoms with Crippen LogP contribution in [0.1, 0.15) is 37.8 Å². The zero-order valence-electron chi connectivity index (χ0n) is 14.9. The maximum absolute atomic E-state index is 12.4. The van der Waals surface area contributed by atoms with Crippen LogP contribution in [0.3, 0.4) is 0 Å². The topological polar surface area (TPSA) is 70.4 Å². The molecule has 25 heavy (non-hydrogen) atoms. The number of carbonyl (C=O) groups is 1. The molecule has 2 heterocycles. The second-order valence-corrected chi connectivity index (χ2v) is 7.22. The van der Waals surface area contributed by atoms with Crippen molar-refractivity contribution in [3.8, 4) is 0 Å². The van der Waals surface area contributed by atoms with Gasteiger partial charge in [-0.2, -0.15) is 0 Å². The largest absolute Gasteiger partial charge is 0.388 e. The van der Waals surface area contributed by atoms with Crippen molar-refractivity contribution < 1.29 is 9.90 Å². The van der Waals surface area contributed by atoms with Gasteiger partial charge in [0.1, 0.15) is 0 Å². The van der Waals surface area contributed by atoms with Crippen LogP contribution in [0.5, 0.6) is 0 Å². The van der Waals surface area contributed by atoms with Crippen LogP contribution in [0.25, 0.3) is 0 Å². The molecule has 0 spiro atoms. The van der Waals surface area contributed by atoms with Crippen molar-refractivity contribution in [3.05, 3.63) is 54.1 Å². The third-order valence-corrected chi connectivity index (χ3v) is 4.72. The molecular weight excluding hydrogens is 316 g/mol. The molecule has 1 saturated heterocycles. The Bertz CT molecular complexity index is 689. The molecule has 134 valence electrons. The van der Waals surface area contributed by atoms with Gasteiger partial charge in [0.15, 0.2) is 0 Å². The Morgan fingerprint density at radius 1 is 1.32 bits per heavy atom. The molecule has 0 radical (unpaired) electrons. The molecular formula is C19H26N4O2. The maximum atomic E-state index is 12.4. The molecule has 2 amide bonds. The normalized spacial score (nSPS) is 17.7. The van der Waals surface area contributed by atoms with Gasteiger partial charge in [-0.15, -0.1) is 0 Å². The molecule has 1 aromatic heterocycles. The third kappa shape index (κ3) is 4.39. The second kappa shape index (κ2) is 7.27. The van der Waals surface area contributed by atoms with Gasteiger partial charge in [-0.1, -0.05) is 24.3 Å². The summed E-state index contributed by atoms with van der Waals surface area (Å²) in [5, 5.41) is 13.2. The van der Waals surface area contributed by atoms with Crippen molar-refractivity contribution in [2.45, 2.75) is 51.4 Å². The van der Waals surface area contributed by atoms with Gasteiger partial charge in [0.2, 0.25) is 0 Å². The van der Waals surface area contributed by atoms with Gasteiger partial charge in [-0.3, -0.25) is 0 Å². The summed E-state index contributed by atoms with van der Waals surface area (Å²) in [5.74, 6) is 0. The van der Waals surface area contributed by atoms with Crippen LogP contribution >= 0.6 is 0 Å². The highest BCUT2D eigenvalue weighted by molar-refractivity contribution is 5.75. The summed E-state index contributed by atoms with van der Waals surface area (Å²) in [5.41, 5.74) is 1.37. The predicted octanol–water partition coefficient (Wildman–Crippen LogP) is 2.38. The van der Waals surface area contributed by atoms with Gasteiger partial charge in [0, 0.05) is 32.0 Å². The van der Waals surface area contributed by atoms with Crippen molar-refractivity contribution >= 4 is 6.03 Å². The zero-order chi connectivity index (χ0) is 17.9. The minimum absolute atomic E-state index is 0.105. The first-order chi connectivity index (χ1) is 11.9. The Kier molecular flexibility index (Phi) is 5.08. The Morgan fingerprint density at radius 2 is 2.04 bits per heavy atom. The predicted molar refractivity (Wildman–Crippen MR) is 96.0 cm³/mol. The van der Waals surface area contributed by atoms with Crippen molar-refractivity contribution in [1.82, 2.24) is 19.8 Å². The van der Waals surface area contributed by atoms with Crippen molar-refractivity contribution in [2.24, 2.45) is 0 Å². The lowest BCUT2D eigenvalue weighted by Crippen LogP contribution is -2.51. The average molecular weight is 342 g/mol. The number of benzene rings is 1. The smallest absolute Gasteiger partial charge is 0.318 e. The van der Waals surface area contributed by atoms with E-state index in [0.29, 0.717) is 13.1 Å².